The Kier molecular flexibility index (Phi) is 9.78. The Bertz CT molecular complexity index is 1400. The van der Waals surface area contributed by atoms with E-state index in [0.29, 0.717) is 17.3 Å². The van der Waals surface area contributed by atoms with Crippen LogP contribution in [0.3, 0.4) is 0 Å². The Hall–Kier alpha value is -3.34. The minimum atomic E-state index is -5.26. The molecule has 0 spiro atoms. The van der Waals surface area contributed by atoms with Gasteiger partial charge in [0, 0.05) is 23.7 Å². The van der Waals surface area contributed by atoms with Gasteiger partial charge in [0.2, 0.25) is 0 Å². The highest BCUT2D eigenvalue weighted by Crippen LogP contribution is 2.38. The molecule has 41 heavy (non-hydrogen) atoms. The van der Waals surface area contributed by atoms with Crippen molar-refractivity contribution in [3.8, 4) is 5.75 Å². The molecule has 12 heteroatoms. The molecule has 0 saturated carbocycles. The lowest BCUT2D eigenvalue weighted by atomic mass is 9.99. The molecular weight excluding hydrogens is 580 g/mol. The van der Waals surface area contributed by atoms with Crippen LogP contribution in [0.15, 0.2) is 54.7 Å². The summed E-state index contributed by atoms with van der Waals surface area (Å²) in [4.78, 5) is 30.4. The number of benzene rings is 2. The predicted octanol–water partition coefficient (Wildman–Crippen LogP) is 7.37. The molecule has 0 radical (unpaired) electrons. The Morgan fingerprint density at radius 3 is 2.51 bits per heavy atom. The zero-order chi connectivity index (χ0) is 29.7. The number of alkyl halides is 3. The van der Waals surface area contributed by atoms with Crippen molar-refractivity contribution in [2.75, 3.05) is 29.9 Å². The molecule has 1 aromatic heterocycles. The van der Waals surface area contributed by atoms with Crippen molar-refractivity contribution < 1.29 is 27.5 Å². The average Bonchev–Trinajstić information content (AvgIpc) is 2.94. The third kappa shape index (κ3) is 7.69. The van der Waals surface area contributed by atoms with Gasteiger partial charge in [0.15, 0.2) is 0 Å². The molecule has 3 aromatic rings. The number of hydrogen-bond donors (Lipinski definition) is 2. The van der Waals surface area contributed by atoms with E-state index in [1.807, 2.05) is 13.8 Å². The molecule has 1 atom stereocenters. The maximum Gasteiger partial charge on any atom is 0.472 e. The lowest BCUT2D eigenvalue weighted by Crippen LogP contribution is -2.39. The van der Waals surface area contributed by atoms with Gasteiger partial charge in [0.1, 0.15) is 11.6 Å². The smallest absolute Gasteiger partial charge is 0.472 e. The molecule has 1 aliphatic rings. The summed E-state index contributed by atoms with van der Waals surface area (Å²) in [5.74, 6) is -2.42. The third-order valence-corrected chi connectivity index (χ3v) is 7.08. The number of ether oxygens (including phenoxy) is 1. The van der Waals surface area contributed by atoms with Crippen molar-refractivity contribution in [1.82, 2.24) is 10.3 Å². The number of carbonyl (C=O) groups excluding carboxylic acids is 2. The van der Waals surface area contributed by atoms with Gasteiger partial charge in [0.25, 0.3) is 5.91 Å². The topological polar surface area (TPSA) is 83.6 Å². The lowest BCUT2D eigenvalue weighted by molar-refractivity contribution is -0.169. The fourth-order valence-corrected chi connectivity index (χ4v) is 4.71. The minimum absolute atomic E-state index is 0.0401. The molecule has 0 bridgehead atoms. The zero-order valence-electron chi connectivity index (χ0n) is 22.4. The Morgan fingerprint density at radius 2 is 1.88 bits per heavy atom. The Morgan fingerprint density at radius 1 is 1.12 bits per heavy atom. The van der Waals surface area contributed by atoms with Gasteiger partial charge in [-0.05, 0) is 73.3 Å². The van der Waals surface area contributed by atoms with Crippen LogP contribution in [-0.2, 0) is 4.79 Å². The number of piperidine rings is 1. The summed E-state index contributed by atoms with van der Waals surface area (Å²) in [6.07, 6.45) is -2.12. The van der Waals surface area contributed by atoms with Crippen molar-refractivity contribution in [3.05, 3.63) is 75.9 Å². The number of anilines is 3. The van der Waals surface area contributed by atoms with Gasteiger partial charge >= 0.3 is 12.1 Å². The van der Waals surface area contributed by atoms with Crippen molar-refractivity contribution >= 4 is 52.2 Å². The van der Waals surface area contributed by atoms with Crippen LogP contribution in [-0.4, -0.2) is 42.7 Å². The normalized spacial score (nSPS) is 15.5. The second-order valence-electron chi connectivity index (χ2n) is 10.0. The molecular formula is C29H29Cl2F3N4O3. The summed E-state index contributed by atoms with van der Waals surface area (Å²) in [6, 6.07) is 11.5. The first-order valence-corrected chi connectivity index (χ1v) is 13.8. The van der Waals surface area contributed by atoms with E-state index < -0.39 is 18.0 Å². The molecule has 1 aliphatic heterocycles. The number of hydrogen-bond acceptors (Lipinski definition) is 5. The molecule has 2 N–H and O–H groups in total. The Balaban J connectivity index is 1.70. The number of amides is 2. The summed E-state index contributed by atoms with van der Waals surface area (Å²) in [5.41, 5.74) is 0.736. The number of nitrogens with zero attached hydrogens (tertiary/aromatic N) is 2. The number of halogens is 5. The van der Waals surface area contributed by atoms with E-state index in [1.165, 1.54) is 18.2 Å². The van der Waals surface area contributed by atoms with Crippen molar-refractivity contribution in [2.24, 2.45) is 5.92 Å². The van der Waals surface area contributed by atoms with Gasteiger partial charge in [-0.15, -0.1) is 0 Å². The van der Waals surface area contributed by atoms with Gasteiger partial charge in [-0.3, -0.25) is 14.5 Å². The monoisotopic (exact) mass is 608 g/mol. The first-order valence-electron chi connectivity index (χ1n) is 13.0. The molecule has 1 saturated heterocycles. The van der Waals surface area contributed by atoms with Crippen LogP contribution < -0.4 is 20.3 Å². The highest BCUT2D eigenvalue weighted by Gasteiger charge is 2.45. The van der Waals surface area contributed by atoms with Crippen LogP contribution in [0.25, 0.3) is 0 Å². The van der Waals surface area contributed by atoms with E-state index in [0.717, 1.165) is 49.8 Å². The highest BCUT2D eigenvalue weighted by molar-refractivity contribution is 6.31. The first-order chi connectivity index (χ1) is 19.4. The van der Waals surface area contributed by atoms with E-state index in [9.17, 15) is 22.8 Å². The fourth-order valence-electron chi connectivity index (χ4n) is 4.43. The van der Waals surface area contributed by atoms with Gasteiger partial charge in [0.05, 0.1) is 28.6 Å². The van der Waals surface area contributed by atoms with Gasteiger partial charge in [-0.1, -0.05) is 43.1 Å². The third-order valence-electron chi connectivity index (χ3n) is 6.63. The standard InChI is InChI=1S/C29H29Cl2F3N4O3/c1-17(2)19-5-8-22(25(12-19)41-16-18-4-3-11-35-14-18)27(39)37-23-9-6-20(30)13-24(23)38(28(40)29(32,33)34)26-10-7-21(31)15-36-26/h5-10,12-13,15,17-18,35H,3-4,11,14,16H2,1-2H3,(H,37,39). The fraction of sp³-hybridized carbons (Fsp3) is 0.345. The highest BCUT2D eigenvalue weighted by atomic mass is 35.5. The van der Waals surface area contributed by atoms with Crippen LogP contribution in [0.1, 0.15) is 48.5 Å². The first kappa shape index (κ1) is 30.6. The summed E-state index contributed by atoms with van der Waals surface area (Å²) in [7, 11) is 0. The summed E-state index contributed by atoms with van der Waals surface area (Å²) < 4.78 is 47.3. The zero-order valence-corrected chi connectivity index (χ0v) is 23.9. The van der Waals surface area contributed by atoms with Crippen LogP contribution >= 0.6 is 23.2 Å². The van der Waals surface area contributed by atoms with E-state index >= 15 is 0 Å². The second kappa shape index (κ2) is 13.1. The van der Waals surface area contributed by atoms with E-state index in [2.05, 4.69) is 15.6 Å². The van der Waals surface area contributed by atoms with Gasteiger partial charge < -0.3 is 15.4 Å². The molecule has 1 fully saturated rings. The molecule has 4 rings (SSSR count). The Labute approximate surface area is 246 Å². The van der Waals surface area contributed by atoms with Crippen molar-refractivity contribution in [2.45, 2.75) is 38.8 Å². The van der Waals surface area contributed by atoms with Crippen molar-refractivity contribution in [3.63, 3.8) is 0 Å². The van der Waals surface area contributed by atoms with Gasteiger partial charge in [-0.25, -0.2) is 4.98 Å². The maximum atomic E-state index is 13.7. The summed E-state index contributed by atoms with van der Waals surface area (Å²) in [5, 5.41) is 6.18. The number of carbonyl (C=O) groups is 2. The van der Waals surface area contributed by atoms with E-state index in [1.54, 1.807) is 18.2 Å². The molecule has 218 valence electrons. The SMILES string of the molecule is CC(C)c1ccc(C(=O)Nc2ccc(Cl)cc2N(C(=O)C(F)(F)F)c2ccc(Cl)cn2)c(OCC2CCCNC2)c1. The summed E-state index contributed by atoms with van der Waals surface area (Å²) in [6.45, 7) is 6.19. The second-order valence-corrected chi connectivity index (χ2v) is 10.9. The maximum absolute atomic E-state index is 13.7. The lowest BCUT2D eigenvalue weighted by Gasteiger charge is -2.26. The van der Waals surface area contributed by atoms with Crippen LogP contribution in [0, 0.1) is 5.92 Å². The number of pyridine rings is 1. The van der Waals surface area contributed by atoms with Crippen LogP contribution in [0.5, 0.6) is 5.75 Å². The number of aromatic nitrogens is 1. The quantitative estimate of drug-likeness (QED) is 0.279. The summed E-state index contributed by atoms with van der Waals surface area (Å²) >= 11 is 12.0. The molecule has 2 aromatic carbocycles. The molecule has 0 aliphatic carbocycles. The molecule has 2 heterocycles. The molecule has 1 unspecified atom stereocenters. The minimum Gasteiger partial charge on any atom is -0.492 e. The number of nitrogens with one attached hydrogen (secondary N) is 2. The molecule has 2 amide bonds. The van der Waals surface area contributed by atoms with Crippen LogP contribution in [0.2, 0.25) is 10.0 Å². The van der Waals surface area contributed by atoms with E-state index in [4.69, 9.17) is 27.9 Å². The average molecular weight is 609 g/mol. The number of rotatable bonds is 8. The van der Waals surface area contributed by atoms with Gasteiger partial charge in [-0.2, -0.15) is 13.2 Å². The molecule has 7 nitrogen and oxygen atoms in total. The van der Waals surface area contributed by atoms with Crippen LogP contribution in [0.4, 0.5) is 30.4 Å². The largest absolute Gasteiger partial charge is 0.492 e. The van der Waals surface area contributed by atoms with Crippen molar-refractivity contribution in [1.29, 1.82) is 0 Å². The predicted molar refractivity (Wildman–Crippen MR) is 153 cm³/mol. The van der Waals surface area contributed by atoms with E-state index in [-0.39, 0.29) is 44.6 Å².